The lowest BCUT2D eigenvalue weighted by Gasteiger charge is -2.30. The van der Waals surface area contributed by atoms with Crippen molar-refractivity contribution in [3.63, 3.8) is 0 Å². The van der Waals surface area contributed by atoms with Crippen molar-refractivity contribution >= 4 is 50.9 Å². The van der Waals surface area contributed by atoms with Crippen LogP contribution < -0.4 is 5.32 Å². The molecule has 2 aromatic carbocycles. The van der Waals surface area contributed by atoms with E-state index in [9.17, 15) is 22.8 Å². The standard InChI is InChI=1S/C24H27Cl2N3O5S/c1-15(2)13-27-23(31)16(3)28(14-17-8-9-18(25)12-20(17)26)22(30)10-11-29-24(32)19-6-4-5-7-21(19)35(29,33)34/h4-9,12,15-16H,10-11,13-14H2,1-3H3,(H,27,31)/t16-/m1/s1. The van der Waals surface area contributed by atoms with Gasteiger partial charge in [-0.15, -0.1) is 0 Å². The molecule has 35 heavy (non-hydrogen) atoms. The van der Waals surface area contributed by atoms with Crippen LogP contribution in [0.1, 0.15) is 43.1 Å². The Labute approximate surface area is 215 Å². The van der Waals surface area contributed by atoms with Crippen molar-refractivity contribution in [2.45, 2.75) is 44.7 Å². The molecule has 3 amide bonds. The van der Waals surface area contributed by atoms with Gasteiger partial charge in [-0.2, -0.15) is 0 Å². The number of fused-ring (bicyclic) bond motifs is 1. The third-order valence-electron chi connectivity index (χ3n) is 5.65. The number of rotatable bonds is 9. The molecule has 1 aliphatic rings. The van der Waals surface area contributed by atoms with Gasteiger partial charge in [0.2, 0.25) is 11.8 Å². The largest absolute Gasteiger partial charge is 0.354 e. The van der Waals surface area contributed by atoms with Crippen LogP contribution in [0.2, 0.25) is 10.0 Å². The van der Waals surface area contributed by atoms with Gasteiger partial charge >= 0.3 is 0 Å². The minimum atomic E-state index is -4.04. The summed E-state index contributed by atoms with van der Waals surface area (Å²) in [6, 6.07) is 9.88. The average molecular weight is 540 g/mol. The monoisotopic (exact) mass is 539 g/mol. The van der Waals surface area contributed by atoms with Crippen molar-refractivity contribution in [1.82, 2.24) is 14.5 Å². The van der Waals surface area contributed by atoms with E-state index in [-0.39, 0.29) is 41.8 Å². The van der Waals surface area contributed by atoms with E-state index < -0.39 is 27.9 Å². The Bertz CT molecular complexity index is 1250. The van der Waals surface area contributed by atoms with Gasteiger partial charge in [-0.1, -0.05) is 55.2 Å². The summed E-state index contributed by atoms with van der Waals surface area (Å²) >= 11 is 12.3. The first-order valence-electron chi connectivity index (χ1n) is 11.1. The lowest BCUT2D eigenvalue weighted by atomic mass is 10.1. The molecule has 0 fully saturated rings. The summed E-state index contributed by atoms with van der Waals surface area (Å²) in [6.07, 6.45) is -0.300. The fourth-order valence-electron chi connectivity index (χ4n) is 3.66. The van der Waals surface area contributed by atoms with Crippen LogP contribution in [-0.2, 0) is 26.2 Å². The van der Waals surface area contributed by atoms with E-state index in [0.29, 0.717) is 26.5 Å². The Hall–Kier alpha value is -2.62. The summed E-state index contributed by atoms with van der Waals surface area (Å²) in [5.41, 5.74) is 0.649. The molecule has 0 aliphatic carbocycles. The molecule has 0 unspecified atom stereocenters. The second-order valence-corrected chi connectivity index (χ2v) is 11.4. The van der Waals surface area contributed by atoms with Gasteiger partial charge in [-0.3, -0.25) is 14.4 Å². The van der Waals surface area contributed by atoms with E-state index in [2.05, 4.69) is 5.32 Å². The Balaban J connectivity index is 1.81. The number of nitrogens with one attached hydrogen (secondary N) is 1. The maximum Gasteiger partial charge on any atom is 0.269 e. The Morgan fingerprint density at radius 3 is 2.40 bits per heavy atom. The highest BCUT2D eigenvalue weighted by molar-refractivity contribution is 7.90. The lowest BCUT2D eigenvalue weighted by Crippen LogP contribution is -2.49. The van der Waals surface area contributed by atoms with Crippen molar-refractivity contribution in [2.75, 3.05) is 13.1 Å². The number of benzene rings is 2. The number of nitrogens with zero attached hydrogens (tertiary/aromatic N) is 2. The molecule has 1 N–H and O–H groups in total. The number of hydrogen-bond donors (Lipinski definition) is 1. The van der Waals surface area contributed by atoms with Crippen molar-refractivity contribution < 1.29 is 22.8 Å². The second-order valence-electron chi connectivity index (χ2n) is 8.70. The first-order valence-corrected chi connectivity index (χ1v) is 13.3. The molecule has 0 spiro atoms. The molecule has 3 rings (SSSR count). The Kier molecular flexibility index (Phi) is 8.46. The molecule has 2 aromatic rings. The van der Waals surface area contributed by atoms with Gasteiger partial charge < -0.3 is 10.2 Å². The van der Waals surface area contributed by atoms with Gasteiger partial charge in [0, 0.05) is 36.1 Å². The molecule has 0 aromatic heterocycles. The first-order chi connectivity index (χ1) is 16.4. The SMILES string of the molecule is CC(C)CNC(=O)[C@@H](C)N(Cc1ccc(Cl)cc1Cl)C(=O)CCN1C(=O)c2ccccc2S1(=O)=O. The maximum atomic E-state index is 13.3. The summed E-state index contributed by atoms with van der Waals surface area (Å²) in [5, 5.41) is 3.57. The van der Waals surface area contributed by atoms with Crippen molar-refractivity contribution in [2.24, 2.45) is 5.92 Å². The van der Waals surface area contributed by atoms with Crippen LogP contribution in [0, 0.1) is 5.92 Å². The summed E-state index contributed by atoms with van der Waals surface area (Å²) in [7, 11) is -4.04. The van der Waals surface area contributed by atoms with Crippen molar-refractivity contribution in [3.8, 4) is 0 Å². The third kappa shape index (κ3) is 5.97. The molecule has 8 nitrogen and oxygen atoms in total. The van der Waals surface area contributed by atoms with Crippen molar-refractivity contribution in [1.29, 1.82) is 0 Å². The normalized spacial score (nSPS) is 15.1. The number of sulfonamides is 1. The molecule has 1 aliphatic heterocycles. The zero-order valence-corrected chi connectivity index (χ0v) is 22.0. The number of halogens is 2. The summed E-state index contributed by atoms with van der Waals surface area (Å²) in [5.74, 6) is -1.31. The van der Waals surface area contributed by atoms with Crippen molar-refractivity contribution in [3.05, 3.63) is 63.6 Å². The predicted octanol–water partition coefficient (Wildman–Crippen LogP) is 3.72. The number of carbonyl (C=O) groups is 3. The summed E-state index contributed by atoms with van der Waals surface area (Å²) in [4.78, 5) is 40.0. The number of carbonyl (C=O) groups excluding carboxylic acids is 3. The van der Waals surface area contributed by atoms with Crippen LogP contribution >= 0.6 is 23.2 Å². The Morgan fingerprint density at radius 2 is 1.77 bits per heavy atom. The quantitative estimate of drug-likeness (QED) is 0.522. The second kappa shape index (κ2) is 11.0. The highest BCUT2D eigenvalue weighted by Gasteiger charge is 2.41. The molecule has 0 bridgehead atoms. The number of hydrogen-bond acceptors (Lipinski definition) is 5. The fourth-order valence-corrected chi connectivity index (χ4v) is 5.70. The van der Waals surface area contributed by atoms with Crippen LogP contribution in [0.3, 0.4) is 0 Å². The van der Waals surface area contributed by atoms with Gasteiger partial charge in [-0.05, 0) is 42.7 Å². The molecule has 0 radical (unpaired) electrons. The van der Waals surface area contributed by atoms with Crippen LogP contribution in [0.4, 0.5) is 0 Å². The zero-order valence-electron chi connectivity index (χ0n) is 19.6. The van der Waals surface area contributed by atoms with Gasteiger partial charge in [0.1, 0.15) is 10.9 Å². The lowest BCUT2D eigenvalue weighted by molar-refractivity contribution is -0.140. The van der Waals surface area contributed by atoms with Crippen LogP contribution in [-0.4, -0.2) is 54.5 Å². The van der Waals surface area contributed by atoms with E-state index in [1.165, 1.54) is 29.2 Å². The molecular formula is C24H27Cl2N3O5S. The fraction of sp³-hybridized carbons (Fsp3) is 0.375. The highest BCUT2D eigenvalue weighted by atomic mass is 35.5. The molecule has 0 saturated carbocycles. The van der Waals surface area contributed by atoms with Crippen LogP contribution in [0.25, 0.3) is 0 Å². The maximum absolute atomic E-state index is 13.3. The van der Waals surface area contributed by atoms with E-state index in [1.54, 1.807) is 25.1 Å². The molecular weight excluding hydrogens is 513 g/mol. The zero-order chi connectivity index (χ0) is 25.9. The minimum absolute atomic E-state index is 0.00597. The predicted molar refractivity (Wildman–Crippen MR) is 134 cm³/mol. The summed E-state index contributed by atoms with van der Waals surface area (Å²) in [6.45, 7) is 5.59. The van der Waals surface area contributed by atoms with E-state index in [4.69, 9.17) is 23.2 Å². The van der Waals surface area contributed by atoms with E-state index >= 15 is 0 Å². The Morgan fingerprint density at radius 1 is 1.09 bits per heavy atom. The molecule has 0 saturated heterocycles. The van der Waals surface area contributed by atoms with Gasteiger partial charge in [0.05, 0.1) is 5.56 Å². The van der Waals surface area contributed by atoms with Crippen LogP contribution in [0.15, 0.2) is 47.4 Å². The van der Waals surface area contributed by atoms with Gasteiger partial charge in [0.25, 0.3) is 15.9 Å². The average Bonchev–Trinajstić information content (AvgIpc) is 3.00. The third-order valence-corrected chi connectivity index (χ3v) is 8.08. The molecule has 188 valence electrons. The van der Waals surface area contributed by atoms with Gasteiger partial charge in [0.15, 0.2) is 0 Å². The smallest absolute Gasteiger partial charge is 0.269 e. The first kappa shape index (κ1) is 27.0. The number of amides is 3. The minimum Gasteiger partial charge on any atom is -0.354 e. The summed E-state index contributed by atoms with van der Waals surface area (Å²) < 4.78 is 26.3. The van der Waals surface area contributed by atoms with Gasteiger partial charge in [-0.25, -0.2) is 12.7 Å². The molecule has 1 heterocycles. The van der Waals surface area contributed by atoms with E-state index in [1.807, 2.05) is 13.8 Å². The van der Waals surface area contributed by atoms with Crippen LogP contribution in [0.5, 0.6) is 0 Å². The molecule has 11 heteroatoms. The van der Waals surface area contributed by atoms with E-state index in [0.717, 1.165) is 0 Å². The highest BCUT2D eigenvalue weighted by Crippen LogP contribution is 2.30. The molecule has 1 atom stereocenters. The topological polar surface area (TPSA) is 104 Å².